The van der Waals surface area contributed by atoms with E-state index < -0.39 is 0 Å². The molecule has 0 amide bonds. The van der Waals surface area contributed by atoms with Gasteiger partial charge in [-0.2, -0.15) is 0 Å². The number of benzene rings is 1. The molecule has 0 bridgehead atoms. The maximum absolute atomic E-state index is 11.7. The third-order valence-electron chi connectivity index (χ3n) is 2.91. The van der Waals surface area contributed by atoms with Crippen molar-refractivity contribution in [3.8, 4) is 0 Å². The molecule has 2 aromatic rings. The van der Waals surface area contributed by atoms with E-state index >= 15 is 0 Å². The molecule has 0 fully saturated rings. The first-order chi connectivity index (χ1) is 10.1. The molecule has 0 N–H and O–H groups in total. The first-order valence-corrected chi connectivity index (χ1v) is 7.78. The SMILES string of the molecule is CCOC(=O)c1cnc(CSc2ccc(C)cc2)nc1C. The first kappa shape index (κ1) is 15.5. The van der Waals surface area contributed by atoms with Gasteiger partial charge in [-0.1, -0.05) is 17.7 Å². The molecule has 1 heterocycles. The summed E-state index contributed by atoms with van der Waals surface area (Å²) in [6.45, 7) is 5.99. The number of rotatable bonds is 5. The van der Waals surface area contributed by atoms with Gasteiger partial charge in [-0.05, 0) is 32.9 Å². The number of nitrogens with zero attached hydrogens (tertiary/aromatic N) is 2. The van der Waals surface area contributed by atoms with Crippen LogP contribution in [-0.4, -0.2) is 22.5 Å². The highest BCUT2D eigenvalue weighted by Crippen LogP contribution is 2.21. The molecular formula is C16H18N2O2S. The Labute approximate surface area is 129 Å². The molecule has 0 aliphatic heterocycles. The van der Waals surface area contributed by atoms with Gasteiger partial charge in [0.2, 0.25) is 0 Å². The molecule has 0 spiro atoms. The normalized spacial score (nSPS) is 10.4. The van der Waals surface area contributed by atoms with E-state index in [1.165, 1.54) is 10.5 Å². The Bertz CT molecular complexity index is 627. The summed E-state index contributed by atoms with van der Waals surface area (Å²) in [5.74, 6) is 1.02. The number of hydrogen-bond acceptors (Lipinski definition) is 5. The van der Waals surface area contributed by atoms with Crippen LogP contribution in [-0.2, 0) is 10.5 Å². The van der Waals surface area contributed by atoms with E-state index in [1.54, 1.807) is 31.8 Å². The van der Waals surface area contributed by atoms with Gasteiger partial charge in [-0.25, -0.2) is 14.8 Å². The summed E-state index contributed by atoms with van der Waals surface area (Å²) in [7, 11) is 0. The molecule has 4 nitrogen and oxygen atoms in total. The summed E-state index contributed by atoms with van der Waals surface area (Å²) in [6.07, 6.45) is 1.55. The van der Waals surface area contributed by atoms with Crippen molar-refractivity contribution in [1.82, 2.24) is 9.97 Å². The highest BCUT2D eigenvalue weighted by atomic mass is 32.2. The topological polar surface area (TPSA) is 52.1 Å². The lowest BCUT2D eigenvalue weighted by Crippen LogP contribution is -2.10. The van der Waals surface area contributed by atoms with Crippen molar-refractivity contribution >= 4 is 17.7 Å². The van der Waals surface area contributed by atoms with Crippen LogP contribution in [0.25, 0.3) is 0 Å². The van der Waals surface area contributed by atoms with Gasteiger partial charge >= 0.3 is 5.97 Å². The lowest BCUT2D eigenvalue weighted by Gasteiger charge is -2.06. The van der Waals surface area contributed by atoms with E-state index in [-0.39, 0.29) is 5.97 Å². The van der Waals surface area contributed by atoms with Crippen molar-refractivity contribution in [3.05, 3.63) is 53.1 Å². The third-order valence-corrected chi connectivity index (χ3v) is 3.92. The molecule has 110 valence electrons. The minimum absolute atomic E-state index is 0.350. The smallest absolute Gasteiger partial charge is 0.341 e. The Balaban J connectivity index is 2.03. The van der Waals surface area contributed by atoms with Crippen LogP contribution in [0.4, 0.5) is 0 Å². The van der Waals surface area contributed by atoms with Gasteiger partial charge in [0.15, 0.2) is 0 Å². The summed E-state index contributed by atoms with van der Waals surface area (Å²) < 4.78 is 4.96. The summed E-state index contributed by atoms with van der Waals surface area (Å²) >= 11 is 1.67. The van der Waals surface area contributed by atoms with Crippen LogP contribution in [0.2, 0.25) is 0 Å². The van der Waals surface area contributed by atoms with Crippen LogP contribution in [0, 0.1) is 13.8 Å². The number of esters is 1. The van der Waals surface area contributed by atoms with Gasteiger partial charge < -0.3 is 4.74 Å². The number of carbonyl (C=O) groups is 1. The second-order valence-corrected chi connectivity index (χ2v) is 5.66. The van der Waals surface area contributed by atoms with E-state index in [1.807, 2.05) is 0 Å². The molecule has 5 heteroatoms. The molecule has 1 aromatic carbocycles. The Morgan fingerprint density at radius 2 is 1.95 bits per heavy atom. The molecule has 0 saturated carbocycles. The van der Waals surface area contributed by atoms with Crippen LogP contribution in [0.15, 0.2) is 35.4 Å². The van der Waals surface area contributed by atoms with Crippen LogP contribution in [0.5, 0.6) is 0 Å². The molecule has 0 saturated heterocycles. The first-order valence-electron chi connectivity index (χ1n) is 6.79. The molecule has 1 aromatic heterocycles. The molecule has 0 aliphatic rings. The van der Waals surface area contributed by atoms with Gasteiger partial charge in [0.05, 0.1) is 23.6 Å². The molecule has 21 heavy (non-hydrogen) atoms. The van der Waals surface area contributed by atoms with Crippen molar-refractivity contribution in [1.29, 1.82) is 0 Å². The Hall–Kier alpha value is -1.88. The highest BCUT2D eigenvalue weighted by Gasteiger charge is 2.12. The summed E-state index contributed by atoms with van der Waals surface area (Å²) in [6, 6.07) is 8.33. The zero-order valence-electron chi connectivity index (χ0n) is 12.4. The van der Waals surface area contributed by atoms with Gasteiger partial charge in [0, 0.05) is 11.1 Å². The van der Waals surface area contributed by atoms with Crippen molar-refractivity contribution < 1.29 is 9.53 Å². The highest BCUT2D eigenvalue weighted by molar-refractivity contribution is 7.98. The van der Waals surface area contributed by atoms with Gasteiger partial charge in [0.1, 0.15) is 5.82 Å². The van der Waals surface area contributed by atoms with Crippen LogP contribution >= 0.6 is 11.8 Å². The van der Waals surface area contributed by atoms with E-state index in [0.29, 0.717) is 29.4 Å². The lowest BCUT2D eigenvalue weighted by atomic mass is 10.2. The van der Waals surface area contributed by atoms with E-state index in [9.17, 15) is 4.79 Å². The van der Waals surface area contributed by atoms with E-state index in [0.717, 1.165) is 0 Å². The average Bonchev–Trinajstić information content (AvgIpc) is 2.47. The quantitative estimate of drug-likeness (QED) is 0.624. The standard InChI is InChI=1S/C16H18N2O2S/c1-4-20-16(19)14-9-17-15(18-12(14)3)10-21-13-7-5-11(2)6-8-13/h5-9H,4,10H2,1-3H3. The van der Waals surface area contributed by atoms with E-state index in [2.05, 4.69) is 41.2 Å². The van der Waals surface area contributed by atoms with E-state index in [4.69, 9.17) is 4.74 Å². The maximum atomic E-state index is 11.7. The van der Waals surface area contributed by atoms with Crippen molar-refractivity contribution in [2.24, 2.45) is 0 Å². The Kier molecular flexibility index (Phi) is 5.33. The summed E-state index contributed by atoms with van der Waals surface area (Å²) in [5, 5.41) is 0. The fourth-order valence-electron chi connectivity index (χ4n) is 1.78. The molecular weight excluding hydrogens is 284 g/mol. The fraction of sp³-hybridized carbons (Fsp3) is 0.312. The predicted molar refractivity (Wildman–Crippen MR) is 83.5 cm³/mol. The number of aryl methyl sites for hydroxylation is 2. The van der Waals surface area contributed by atoms with Gasteiger partial charge in [0.25, 0.3) is 0 Å². The summed E-state index contributed by atoms with van der Waals surface area (Å²) in [5.41, 5.74) is 2.33. The van der Waals surface area contributed by atoms with Crippen LogP contribution in [0.1, 0.15) is 34.4 Å². The second-order valence-electron chi connectivity index (χ2n) is 4.61. The van der Waals surface area contributed by atoms with Crippen molar-refractivity contribution in [2.45, 2.75) is 31.4 Å². The monoisotopic (exact) mass is 302 g/mol. The average molecular weight is 302 g/mol. The fourth-order valence-corrected chi connectivity index (χ4v) is 2.54. The van der Waals surface area contributed by atoms with Gasteiger partial charge in [-0.15, -0.1) is 11.8 Å². The Morgan fingerprint density at radius 3 is 2.57 bits per heavy atom. The number of hydrogen-bond donors (Lipinski definition) is 0. The minimum atomic E-state index is -0.368. The zero-order chi connectivity index (χ0) is 15.2. The number of ether oxygens (including phenoxy) is 1. The summed E-state index contributed by atoms with van der Waals surface area (Å²) in [4.78, 5) is 21.5. The minimum Gasteiger partial charge on any atom is -0.462 e. The number of thioether (sulfide) groups is 1. The largest absolute Gasteiger partial charge is 0.462 e. The molecule has 0 atom stereocenters. The lowest BCUT2D eigenvalue weighted by molar-refractivity contribution is 0.0524. The maximum Gasteiger partial charge on any atom is 0.341 e. The van der Waals surface area contributed by atoms with Gasteiger partial charge in [-0.3, -0.25) is 0 Å². The zero-order valence-corrected chi connectivity index (χ0v) is 13.2. The second kappa shape index (κ2) is 7.22. The third kappa shape index (κ3) is 4.29. The molecule has 2 rings (SSSR count). The molecule has 0 aliphatic carbocycles. The Morgan fingerprint density at radius 1 is 1.24 bits per heavy atom. The van der Waals surface area contributed by atoms with Crippen molar-refractivity contribution in [2.75, 3.05) is 6.61 Å². The molecule has 0 unspecified atom stereocenters. The van der Waals surface area contributed by atoms with Crippen molar-refractivity contribution in [3.63, 3.8) is 0 Å². The number of carbonyl (C=O) groups excluding carboxylic acids is 1. The van der Waals surface area contributed by atoms with Crippen LogP contribution in [0.3, 0.4) is 0 Å². The number of aromatic nitrogens is 2. The van der Waals surface area contributed by atoms with Crippen LogP contribution < -0.4 is 0 Å². The molecule has 0 radical (unpaired) electrons. The predicted octanol–water partition coefficient (Wildman–Crippen LogP) is 3.56.